The average Bonchev–Trinajstić information content (AvgIpc) is 2.66. The van der Waals surface area contributed by atoms with Crippen LogP contribution in [0.5, 0.6) is 0 Å². The van der Waals surface area contributed by atoms with Crippen LogP contribution >= 0.6 is 0 Å². The minimum absolute atomic E-state index is 0. The fourth-order valence-corrected chi connectivity index (χ4v) is 2.99. The van der Waals surface area contributed by atoms with Crippen molar-refractivity contribution in [3.8, 4) is 0 Å². The third-order valence-corrected chi connectivity index (χ3v) is 4.61. The van der Waals surface area contributed by atoms with Crippen molar-refractivity contribution in [2.24, 2.45) is 0 Å². The van der Waals surface area contributed by atoms with Crippen molar-refractivity contribution in [1.82, 2.24) is 0 Å². The third kappa shape index (κ3) is 5.63. The van der Waals surface area contributed by atoms with Crippen molar-refractivity contribution in [2.75, 3.05) is 0 Å². The Kier molecular flexibility index (Phi) is 8.63. The standard InChI is InChI=1S/C12H22O5S.Na/c1-2-3-4-5-6-7-9-12(18(14,15)16)10-8-11(13)17-12;/h8,13H,2-7,9-10H2,1H3,(H,14,15,16);/q;+1/p-1. The Morgan fingerprint density at radius 3 is 2.37 bits per heavy atom. The van der Waals surface area contributed by atoms with Crippen molar-refractivity contribution >= 4 is 10.1 Å². The van der Waals surface area contributed by atoms with Gasteiger partial charge in [-0.05, 0) is 6.42 Å². The van der Waals surface area contributed by atoms with Gasteiger partial charge in [-0.1, -0.05) is 39.0 Å². The molecular weight excluding hydrogens is 279 g/mol. The van der Waals surface area contributed by atoms with Crippen molar-refractivity contribution < 1.29 is 52.4 Å². The monoisotopic (exact) mass is 300 g/mol. The van der Waals surface area contributed by atoms with Gasteiger partial charge in [0, 0.05) is 18.9 Å². The van der Waals surface area contributed by atoms with Crippen LogP contribution in [0.3, 0.4) is 0 Å². The van der Waals surface area contributed by atoms with Crippen molar-refractivity contribution in [2.45, 2.75) is 63.2 Å². The van der Waals surface area contributed by atoms with Gasteiger partial charge in [0.1, 0.15) is 10.1 Å². The molecule has 1 atom stereocenters. The Bertz CT molecular complexity index is 393. The van der Waals surface area contributed by atoms with Gasteiger partial charge in [-0.15, -0.1) is 0 Å². The van der Waals surface area contributed by atoms with E-state index in [1.807, 2.05) is 0 Å². The van der Waals surface area contributed by atoms with Crippen LogP contribution in [0.4, 0.5) is 0 Å². The second-order valence-corrected chi connectivity index (χ2v) is 6.38. The molecule has 0 saturated heterocycles. The fraction of sp³-hybridized carbons (Fsp3) is 0.833. The first-order valence-electron chi connectivity index (χ1n) is 6.45. The number of hydrogen-bond donors (Lipinski definition) is 1. The fourth-order valence-electron chi connectivity index (χ4n) is 2.12. The molecule has 1 N–H and O–H groups in total. The first kappa shape index (κ1) is 19.2. The van der Waals surface area contributed by atoms with E-state index in [-0.39, 0.29) is 42.4 Å². The maximum Gasteiger partial charge on any atom is 1.00 e. The summed E-state index contributed by atoms with van der Waals surface area (Å²) in [4.78, 5) is -1.78. The first-order valence-corrected chi connectivity index (χ1v) is 7.86. The molecule has 1 aliphatic heterocycles. The van der Waals surface area contributed by atoms with Gasteiger partial charge in [0.15, 0.2) is 0 Å². The van der Waals surface area contributed by atoms with Gasteiger partial charge in [0.2, 0.25) is 4.93 Å². The summed E-state index contributed by atoms with van der Waals surface area (Å²) < 4.78 is 38.6. The van der Waals surface area contributed by atoms with E-state index in [1.165, 1.54) is 12.5 Å². The minimum atomic E-state index is -4.58. The normalized spacial score (nSPS) is 22.5. The number of unbranched alkanes of at least 4 members (excludes halogenated alkanes) is 5. The molecule has 0 amide bonds. The molecule has 1 heterocycles. The number of ether oxygens (including phenoxy) is 1. The summed E-state index contributed by atoms with van der Waals surface area (Å²) in [5.41, 5.74) is 0. The van der Waals surface area contributed by atoms with Crippen LogP contribution in [-0.4, -0.2) is 23.0 Å². The Hall–Kier alpha value is 0.250. The van der Waals surface area contributed by atoms with Gasteiger partial charge in [-0.2, -0.15) is 0 Å². The second kappa shape index (κ2) is 8.52. The van der Waals surface area contributed by atoms with E-state index in [1.54, 1.807) is 0 Å². The SMILES string of the molecule is CCCCCCCCC1(S(=O)(=O)[O-])CC=C(O)O1.[Na+]. The van der Waals surface area contributed by atoms with E-state index >= 15 is 0 Å². The predicted octanol–water partition coefficient (Wildman–Crippen LogP) is -0.198. The molecule has 0 spiro atoms. The molecule has 0 fully saturated rings. The van der Waals surface area contributed by atoms with Gasteiger partial charge < -0.3 is 14.4 Å². The van der Waals surface area contributed by atoms with E-state index in [9.17, 15) is 13.0 Å². The van der Waals surface area contributed by atoms with Gasteiger partial charge in [0.05, 0.1) is 0 Å². The summed E-state index contributed by atoms with van der Waals surface area (Å²) >= 11 is 0. The van der Waals surface area contributed by atoms with Gasteiger partial charge >= 0.3 is 29.6 Å². The topological polar surface area (TPSA) is 86.7 Å². The smallest absolute Gasteiger partial charge is 0.745 e. The molecule has 0 saturated carbocycles. The molecular formula is C12H21NaO5S. The Labute approximate surface area is 137 Å². The van der Waals surface area contributed by atoms with Crippen LogP contribution in [0, 0.1) is 0 Å². The maximum absolute atomic E-state index is 11.2. The van der Waals surface area contributed by atoms with Crippen LogP contribution in [0.1, 0.15) is 58.3 Å². The zero-order valence-electron chi connectivity index (χ0n) is 11.7. The van der Waals surface area contributed by atoms with Gasteiger partial charge in [-0.3, -0.25) is 0 Å². The van der Waals surface area contributed by atoms with E-state index in [0.29, 0.717) is 6.42 Å². The van der Waals surface area contributed by atoms with Crippen LogP contribution in [0.25, 0.3) is 0 Å². The molecule has 7 heteroatoms. The molecule has 0 aromatic rings. The van der Waals surface area contributed by atoms with Crippen LogP contribution in [0.2, 0.25) is 0 Å². The molecule has 106 valence electrons. The average molecular weight is 300 g/mol. The summed E-state index contributed by atoms with van der Waals surface area (Å²) in [6, 6.07) is 0. The second-order valence-electron chi connectivity index (χ2n) is 4.73. The van der Waals surface area contributed by atoms with E-state index in [4.69, 9.17) is 9.84 Å². The largest absolute Gasteiger partial charge is 1.00 e. The molecule has 0 bridgehead atoms. The molecule has 0 radical (unpaired) electrons. The molecule has 1 aliphatic rings. The first-order chi connectivity index (χ1) is 8.41. The molecule has 0 aromatic heterocycles. The molecule has 0 aromatic carbocycles. The Balaban J connectivity index is 0.00000324. The molecule has 19 heavy (non-hydrogen) atoms. The number of aliphatic hydroxyl groups is 1. The van der Waals surface area contributed by atoms with Crippen molar-refractivity contribution in [3.63, 3.8) is 0 Å². The van der Waals surface area contributed by atoms with Crippen molar-refractivity contribution in [3.05, 3.63) is 12.0 Å². The quantitative estimate of drug-likeness (QED) is 0.381. The zero-order chi connectivity index (χ0) is 13.6. The molecule has 1 unspecified atom stereocenters. The number of rotatable bonds is 8. The maximum atomic E-state index is 11.2. The number of hydrogen-bond acceptors (Lipinski definition) is 5. The molecule has 5 nitrogen and oxygen atoms in total. The van der Waals surface area contributed by atoms with Gasteiger partial charge in [-0.25, -0.2) is 8.42 Å². The van der Waals surface area contributed by atoms with Crippen LogP contribution in [-0.2, 0) is 14.9 Å². The van der Waals surface area contributed by atoms with Crippen LogP contribution in [0.15, 0.2) is 12.0 Å². The van der Waals surface area contributed by atoms with Crippen LogP contribution < -0.4 is 29.6 Å². The van der Waals surface area contributed by atoms with Crippen molar-refractivity contribution in [1.29, 1.82) is 0 Å². The summed E-state index contributed by atoms with van der Waals surface area (Å²) in [5, 5.41) is 9.14. The Morgan fingerprint density at radius 2 is 1.89 bits per heavy atom. The summed E-state index contributed by atoms with van der Waals surface area (Å²) in [6.45, 7) is 2.12. The Morgan fingerprint density at radius 1 is 1.32 bits per heavy atom. The third-order valence-electron chi connectivity index (χ3n) is 3.25. The molecule has 1 rings (SSSR count). The van der Waals surface area contributed by atoms with Gasteiger partial charge in [0.25, 0.3) is 5.95 Å². The molecule has 0 aliphatic carbocycles. The number of aliphatic hydroxyl groups excluding tert-OH is 1. The predicted molar refractivity (Wildman–Crippen MR) is 66.8 cm³/mol. The van der Waals surface area contributed by atoms with E-state index < -0.39 is 21.0 Å². The summed E-state index contributed by atoms with van der Waals surface area (Å²) in [5.74, 6) is -0.458. The minimum Gasteiger partial charge on any atom is -0.745 e. The summed E-state index contributed by atoms with van der Waals surface area (Å²) in [7, 11) is -4.58. The zero-order valence-corrected chi connectivity index (χ0v) is 14.5. The van der Waals surface area contributed by atoms with E-state index in [0.717, 1.165) is 25.7 Å². The van der Waals surface area contributed by atoms with E-state index in [2.05, 4.69) is 6.92 Å². The summed E-state index contributed by atoms with van der Waals surface area (Å²) in [6.07, 6.45) is 7.30.